The minimum Gasteiger partial charge on any atom is -0.390 e. The maximum absolute atomic E-state index is 10.6. The summed E-state index contributed by atoms with van der Waals surface area (Å²) in [4.78, 5) is 6.65. The second kappa shape index (κ2) is 7.90. The Morgan fingerprint density at radius 1 is 1.15 bits per heavy atom. The summed E-state index contributed by atoms with van der Waals surface area (Å²) in [5.41, 5.74) is 0.312. The predicted octanol–water partition coefficient (Wildman–Crippen LogP) is 4.71. The Balaban J connectivity index is 1.59. The van der Waals surface area contributed by atoms with Gasteiger partial charge in [-0.05, 0) is 88.9 Å². The Bertz CT molecular complexity index is 557. The van der Waals surface area contributed by atoms with E-state index in [2.05, 4.69) is 55.3 Å². The molecule has 148 valence electrons. The van der Waals surface area contributed by atoms with Crippen molar-refractivity contribution in [1.82, 2.24) is 9.80 Å². The van der Waals surface area contributed by atoms with Crippen LogP contribution in [0, 0.1) is 5.41 Å². The van der Waals surface area contributed by atoms with Crippen LogP contribution in [0.15, 0.2) is 17.5 Å². The third kappa shape index (κ3) is 3.89. The van der Waals surface area contributed by atoms with Crippen molar-refractivity contribution in [3.05, 3.63) is 22.4 Å². The molecule has 1 saturated carbocycles. The van der Waals surface area contributed by atoms with Gasteiger partial charge in [0.2, 0.25) is 0 Å². The van der Waals surface area contributed by atoms with Gasteiger partial charge in [-0.1, -0.05) is 19.9 Å². The Kier molecular flexibility index (Phi) is 6.18. The van der Waals surface area contributed by atoms with Crippen LogP contribution in [0.4, 0.5) is 0 Å². The molecule has 2 aliphatic rings. The zero-order valence-corrected chi connectivity index (χ0v) is 18.1. The molecule has 2 heterocycles. The quantitative estimate of drug-likeness (QED) is 0.744. The fourth-order valence-corrected chi connectivity index (χ4v) is 6.31. The zero-order chi connectivity index (χ0) is 18.8. The minimum atomic E-state index is -0.457. The third-order valence-electron chi connectivity index (χ3n) is 7.70. The first-order chi connectivity index (χ1) is 12.4. The van der Waals surface area contributed by atoms with E-state index in [1.807, 2.05) is 11.3 Å². The number of likely N-dealkylation sites (tertiary alicyclic amines) is 1. The van der Waals surface area contributed by atoms with Crippen LogP contribution >= 0.6 is 11.3 Å². The molecule has 0 aromatic carbocycles. The van der Waals surface area contributed by atoms with Crippen molar-refractivity contribution in [3.63, 3.8) is 0 Å². The van der Waals surface area contributed by atoms with E-state index in [1.54, 1.807) is 4.88 Å². The summed E-state index contributed by atoms with van der Waals surface area (Å²) in [5.74, 6) is 0. The molecule has 26 heavy (non-hydrogen) atoms. The molecule has 0 bridgehead atoms. The summed E-state index contributed by atoms with van der Waals surface area (Å²) >= 11 is 1.92. The van der Waals surface area contributed by atoms with Crippen molar-refractivity contribution < 1.29 is 5.11 Å². The van der Waals surface area contributed by atoms with Crippen molar-refractivity contribution in [1.29, 1.82) is 0 Å². The molecule has 2 fully saturated rings. The lowest BCUT2D eigenvalue weighted by Crippen LogP contribution is -2.47. The lowest BCUT2D eigenvalue weighted by molar-refractivity contribution is 0.0119. The van der Waals surface area contributed by atoms with E-state index in [9.17, 15) is 5.11 Å². The van der Waals surface area contributed by atoms with Crippen molar-refractivity contribution in [2.75, 3.05) is 33.7 Å². The minimum absolute atomic E-state index is 0.248. The van der Waals surface area contributed by atoms with Gasteiger partial charge in [0.1, 0.15) is 0 Å². The lowest BCUT2D eigenvalue weighted by Gasteiger charge is -2.48. The molecule has 1 aliphatic carbocycles. The molecule has 0 unspecified atom stereocenters. The topological polar surface area (TPSA) is 26.7 Å². The first-order valence-corrected chi connectivity index (χ1v) is 11.4. The van der Waals surface area contributed by atoms with Crippen LogP contribution < -0.4 is 0 Å². The molecule has 3 nitrogen and oxygen atoms in total. The maximum atomic E-state index is 10.6. The monoisotopic (exact) mass is 378 g/mol. The highest BCUT2D eigenvalue weighted by Gasteiger charge is 2.48. The van der Waals surface area contributed by atoms with E-state index in [0.29, 0.717) is 5.41 Å². The highest BCUT2D eigenvalue weighted by atomic mass is 32.1. The van der Waals surface area contributed by atoms with E-state index in [1.165, 1.54) is 45.2 Å². The van der Waals surface area contributed by atoms with Gasteiger partial charge in [0, 0.05) is 18.0 Å². The molecule has 4 heteroatoms. The van der Waals surface area contributed by atoms with Gasteiger partial charge < -0.3 is 10.0 Å². The summed E-state index contributed by atoms with van der Waals surface area (Å²) < 4.78 is 0. The van der Waals surface area contributed by atoms with Crippen LogP contribution in [-0.4, -0.2) is 54.2 Å². The number of nitrogens with zero attached hydrogens (tertiary/aromatic N) is 2. The van der Waals surface area contributed by atoms with Crippen LogP contribution in [0.5, 0.6) is 0 Å². The summed E-state index contributed by atoms with van der Waals surface area (Å²) in [6.45, 7) is 7.74. The average molecular weight is 379 g/mol. The van der Waals surface area contributed by atoms with Crippen LogP contribution in [0.2, 0.25) is 0 Å². The van der Waals surface area contributed by atoms with Gasteiger partial charge in [-0.15, -0.1) is 11.3 Å². The summed E-state index contributed by atoms with van der Waals surface area (Å²) in [7, 11) is 4.52. The third-order valence-corrected chi connectivity index (χ3v) is 8.76. The Morgan fingerprint density at radius 2 is 1.85 bits per heavy atom. The van der Waals surface area contributed by atoms with Crippen molar-refractivity contribution in [2.45, 2.75) is 76.4 Å². The van der Waals surface area contributed by atoms with E-state index in [-0.39, 0.29) is 5.54 Å². The Labute approximate surface area is 164 Å². The molecule has 1 N–H and O–H groups in total. The van der Waals surface area contributed by atoms with Gasteiger partial charge in [0.05, 0.1) is 11.1 Å². The van der Waals surface area contributed by atoms with Gasteiger partial charge in [0.25, 0.3) is 0 Å². The molecule has 1 aromatic heterocycles. The van der Waals surface area contributed by atoms with E-state index in [4.69, 9.17) is 0 Å². The molecule has 1 spiro atoms. The first-order valence-electron chi connectivity index (χ1n) is 10.5. The number of hydrogen-bond acceptors (Lipinski definition) is 4. The number of hydrogen-bond donors (Lipinski definition) is 1. The molecular weight excluding hydrogens is 340 g/mol. The van der Waals surface area contributed by atoms with Crippen LogP contribution in [-0.2, 0) is 5.54 Å². The van der Waals surface area contributed by atoms with Gasteiger partial charge >= 0.3 is 0 Å². The molecular formula is C22H38N2OS. The van der Waals surface area contributed by atoms with Gasteiger partial charge in [-0.3, -0.25) is 4.90 Å². The maximum Gasteiger partial charge on any atom is 0.0654 e. The standard InChI is InChI=1S/C22H38N2OS/c1-5-21(25,6-2)14-16-24-15-13-20(18-24)9-11-22(12-10-20,23(3)4)19-8-7-17-26-19/h7-8,17,25H,5-6,9-16,18H2,1-4H3. The van der Waals surface area contributed by atoms with Crippen LogP contribution in [0.3, 0.4) is 0 Å². The second-order valence-electron chi connectivity index (χ2n) is 9.11. The van der Waals surface area contributed by atoms with Crippen molar-refractivity contribution in [2.24, 2.45) is 5.41 Å². The van der Waals surface area contributed by atoms with E-state index < -0.39 is 5.60 Å². The zero-order valence-electron chi connectivity index (χ0n) is 17.3. The summed E-state index contributed by atoms with van der Waals surface area (Å²) in [6, 6.07) is 4.54. The Morgan fingerprint density at radius 3 is 2.38 bits per heavy atom. The highest BCUT2D eigenvalue weighted by Crippen LogP contribution is 2.52. The number of rotatable bonds is 7. The van der Waals surface area contributed by atoms with E-state index >= 15 is 0 Å². The first kappa shape index (κ1) is 20.3. The fraction of sp³-hybridized carbons (Fsp3) is 0.818. The molecule has 0 radical (unpaired) electrons. The highest BCUT2D eigenvalue weighted by molar-refractivity contribution is 7.10. The second-order valence-corrected chi connectivity index (χ2v) is 10.1. The number of thiophene rings is 1. The molecule has 0 amide bonds. The average Bonchev–Trinajstić information content (AvgIpc) is 3.32. The molecule has 3 rings (SSSR count). The molecule has 1 saturated heterocycles. The van der Waals surface area contributed by atoms with Crippen LogP contribution in [0.1, 0.15) is 70.1 Å². The molecule has 0 atom stereocenters. The van der Waals surface area contributed by atoms with Crippen molar-refractivity contribution >= 4 is 11.3 Å². The number of aliphatic hydroxyl groups is 1. The van der Waals surface area contributed by atoms with Crippen molar-refractivity contribution in [3.8, 4) is 0 Å². The fourth-order valence-electron chi connectivity index (χ4n) is 5.25. The SMILES string of the molecule is CCC(O)(CC)CCN1CCC2(CCC(c3cccs3)(N(C)C)CC2)C1. The van der Waals surface area contributed by atoms with Crippen LogP contribution in [0.25, 0.3) is 0 Å². The smallest absolute Gasteiger partial charge is 0.0654 e. The largest absolute Gasteiger partial charge is 0.390 e. The Hall–Kier alpha value is -0.420. The summed E-state index contributed by atoms with van der Waals surface area (Å²) in [5, 5.41) is 12.8. The van der Waals surface area contributed by atoms with E-state index in [0.717, 1.165) is 25.8 Å². The van der Waals surface area contributed by atoms with Gasteiger partial charge in [-0.25, -0.2) is 0 Å². The normalized spacial score (nSPS) is 30.5. The molecule has 1 aliphatic heterocycles. The van der Waals surface area contributed by atoms with Gasteiger partial charge in [-0.2, -0.15) is 0 Å². The lowest BCUT2D eigenvalue weighted by atomic mass is 9.66. The van der Waals surface area contributed by atoms with Gasteiger partial charge in [0.15, 0.2) is 0 Å². The predicted molar refractivity (Wildman–Crippen MR) is 112 cm³/mol. The summed E-state index contributed by atoms with van der Waals surface area (Å²) in [6.07, 6.45) is 9.25. The molecule has 1 aromatic rings.